The molecule has 5 aromatic heterocycles. The summed E-state index contributed by atoms with van der Waals surface area (Å²) in [6.45, 7) is 0. The molecule has 0 unspecified atom stereocenters. The second kappa shape index (κ2) is 19.8. The monoisotopic (exact) mass is 1150 g/mol. The van der Waals surface area contributed by atoms with Crippen LogP contribution in [0.5, 0.6) is 0 Å². The van der Waals surface area contributed by atoms with Crippen molar-refractivity contribution in [2.75, 3.05) is 0 Å². The van der Waals surface area contributed by atoms with Crippen LogP contribution < -0.4 is 0 Å². The van der Waals surface area contributed by atoms with E-state index < -0.39 is 0 Å². The fraction of sp³-hybridized carbons (Fsp3) is 0. The van der Waals surface area contributed by atoms with Crippen LogP contribution in [0.2, 0.25) is 0 Å². The van der Waals surface area contributed by atoms with Gasteiger partial charge in [-0.15, -0.1) is 83.2 Å². The molecule has 0 aliphatic rings. The molecule has 0 amide bonds. The molecule has 5 nitrogen and oxygen atoms in total. The Kier molecular flexibility index (Phi) is 12.1. The molecular weight excluding hydrogens is 1100 g/mol. The van der Waals surface area contributed by atoms with Crippen molar-refractivity contribution < 1.29 is 20.1 Å². The van der Waals surface area contributed by atoms with Crippen molar-refractivity contribution >= 4 is 38.5 Å². The summed E-state index contributed by atoms with van der Waals surface area (Å²) in [6.07, 6.45) is 5.55. The van der Waals surface area contributed by atoms with E-state index in [9.17, 15) is 0 Å². The van der Waals surface area contributed by atoms with Gasteiger partial charge in [-0.05, 0) is 110 Å². The van der Waals surface area contributed by atoms with Crippen LogP contribution in [0.4, 0.5) is 0 Å². The number of rotatable bonds is 9. The number of pyridine rings is 4. The molecule has 356 valence electrons. The first-order valence-electron chi connectivity index (χ1n) is 25.1. The predicted octanol–water partition coefficient (Wildman–Crippen LogP) is 17.4. The normalized spacial score (nSPS) is 11.3. The minimum atomic E-state index is 0. The van der Waals surface area contributed by atoms with Gasteiger partial charge in [0.1, 0.15) is 5.65 Å². The Hall–Kier alpha value is -9.45. The number of aromatic nitrogens is 5. The summed E-state index contributed by atoms with van der Waals surface area (Å²) >= 11 is 0. The van der Waals surface area contributed by atoms with Crippen LogP contribution in [-0.2, 0) is 20.1 Å². The van der Waals surface area contributed by atoms with Crippen LogP contribution in [0.3, 0.4) is 0 Å². The molecule has 0 saturated carbocycles. The van der Waals surface area contributed by atoms with Crippen LogP contribution in [-0.4, -0.2) is 24.3 Å². The van der Waals surface area contributed by atoms with Crippen molar-refractivity contribution in [1.82, 2.24) is 24.3 Å². The van der Waals surface area contributed by atoms with Gasteiger partial charge in [-0.2, -0.15) is 0 Å². The average Bonchev–Trinajstić information content (AvgIpc) is 3.90. The van der Waals surface area contributed by atoms with Gasteiger partial charge in [-0.1, -0.05) is 173 Å². The van der Waals surface area contributed by atoms with E-state index in [1.807, 2.05) is 55.0 Å². The van der Waals surface area contributed by atoms with Crippen molar-refractivity contribution in [2.24, 2.45) is 0 Å². The van der Waals surface area contributed by atoms with Crippen LogP contribution in [0.1, 0.15) is 0 Å². The fourth-order valence-corrected chi connectivity index (χ4v) is 10.8. The molecule has 0 aliphatic heterocycles. The predicted molar refractivity (Wildman–Crippen MR) is 307 cm³/mol. The molecule has 76 heavy (non-hydrogen) atoms. The SMILES string of the molecule is [Ir+3].[c-]1cc(-c2ccccc2-c2cc(-c3ccccc3-c3c[c-]c(-c4ccccn4)cc3)cc(-c3ccccc3-c3c[c-]c4c5nccc(-c6ccccc6)c5c5nc6ccccc6n5c4c3)c2)ccc1-c1ccccn1. The largest absolute Gasteiger partial charge is 3.00 e. The zero-order valence-corrected chi connectivity index (χ0v) is 43.2. The summed E-state index contributed by atoms with van der Waals surface area (Å²) in [4.78, 5) is 19.6. The third kappa shape index (κ3) is 8.27. The Morgan fingerprint density at radius 3 is 1.34 bits per heavy atom. The van der Waals surface area contributed by atoms with Crippen LogP contribution in [0.15, 0.2) is 255 Å². The molecule has 9 aromatic carbocycles. The van der Waals surface area contributed by atoms with E-state index in [1.165, 1.54) is 0 Å². The van der Waals surface area contributed by atoms with Crippen LogP contribution in [0, 0.1) is 18.2 Å². The van der Waals surface area contributed by atoms with E-state index in [1.54, 1.807) is 0 Å². The maximum atomic E-state index is 5.32. The fourth-order valence-electron chi connectivity index (χ4n) is 10.8. The summed E-state index contributed by atoms with van der Waals surface area (Å²) in [5.41, 5.74) is 23.7. The molecule has 0 atom stereocenters. The van der Waals surface area contributed by atoms with Crippen molar-refractivity contribution in [3.05, 3.63) is 273 Å². The number of hydrogen-bond acceptors (Lipinski definition) is 4. The Labute approximate surface area is 453 Å². The molecule has 6 heteroatoms. The summed E-state index contributed by atoms with van der Waals surface area (Å²) in [6, 6.07) is 94.1. The van der Waals surface area contributed by atoms with Crippen molar-refractivity contribution in [3.8, 4) is 100 Å². The number of fused-ring (bicyclic) bond motifs is 8. The van der Waals surface area contributed by atoms with E-state index in [0.29, 0.717) is 0 Å². The Balaban J connectivity index is 0.00000553. The minimum Gasteiger partial charge on any atom is -0.335 e. The third-order valence-electron chi connectivity index (χ3n) is 14.3. The second-order valence-corrected chi connectivity index (χ2v) is 18.7. The first kappa shape index (κ1) is 46.3. The molecule has 0 fully saturated rings. The number of para-hydroxylation sites is 2. The topological polar surface area (TPSA) is 56.0 Å². The zero-order valence-electron chi connectivity index (χ0n) is 40.8. The minimum absolute atomic E-state index is 0. The molecule has 0 spiro atoms. The van der Waals surface area contributed by atoms with Gasteiger partial charge >= 0.3 is 20.1 Å². The molecule has 0 bridgehead atoms. The number of benzene rings is 9. The van der Waals surface area contributed by atoms with E-state index >= 15 is 0 Å². The van der Waals surface area contributed by atoms with Crippen molar-refractivity contribution in [3.63, 3.8) is 0 Å². The average molecular weight is 1150 g/mol. The Morgan fingerprint density at radius 1 is 0.329 bits per heavy atom. The van der Waals surface area contributed by atoms with Crippen molar-refractivity contribution in [1.29, 1.82) is 0 Å². The summed E-state index contributed by atoms with van der Waals surface area (Å²) in [5.74, 6) is 0. The summed E-state index contributed by atoms with van der Waals surface area (Å²) in [5, 5.41) is 1.94. The maximum Gasteiger partial charge on any atom is 3.00 e. The van der Waals surface area contributed by atoms with E-state index in [0.717, 1.165) is 139 Å². The second-order valence-electron chi connectivity index (χ2n) is 18.7. The maximum absolute atomic E-state index is 5.32. The molecular formula is C70H42IrN5. The van der Waals surface area contributed by atoms with E-state index in [2.05, 4.69) is 233 Å². The molecule has 14 rings (SSSR count). The first-order valence-corrected chi connectivity index (χ1v) is 25.1. The van der Waals surface area contributed by atoms with E-state index in [4.69, 9.17) is 9.97 Å². The third-order valence-corrected chi connectivity index (χ3v) is 14.3. The van der Waals surface area contributed by atoms with Gasteiger partial charge in [0.15, 0.2) is 0 Å². The van der Waals surface area contributed by atoms with Crippen molar-refractivity contribution in [2.45, 2.75) is 0 Å². The summed E-state index contributed by atoms with van der Waals surface area (Å²) < 4.78 is 2.30. The number of nitrogens with zero attached hydrogens (tertiary/aromatic N) is 5. The van der Waals surface area contributed by atoms with Crippen LogP contribution >= 0.6 is 0 Å². The van der Waals surface area contributed by atoms with Gasteiger partial charge in [0.2, 0.25) is 0 Å². The number of hydrogen-bond donors (Lipinski definition) is 0. The van der Waals surface area contributed by atoms with Gasteiger partial charge < -0.3 is 19.4 Å². The molecule has 0 N–H and O–H groups in total. The number of imidazole rings is 1. The quantitative estimate of drug-likeness (QED) is 0.107. The standard InChI is InChI=1S/C70H42N5.Ir/c1-2-16-46(17-3-1)61-38-41-73-69-62-37-36-51(45-67(62)75-66-27-11-10-26-65(66)74-70(75)68(61)69)57-20-6-9-23-60(57)54-43-52(58-21-7-4-18-55(58)47-28-32-49(33-29-47)63-24-12-14-39-71-63)42-53(44-54)59-22-8-5-19-56(59)48-30-34-50(35-31-48)64-25-13-15-40-72-64;/h1-32,34,36,38-45H;/q-3;+3. The van der Waals surface area contributed by atoms with Gasteiger partial charge in [0, 0.05) is 29.5 Å². The molecule has 0 aliphatic carbocycles. The molecule has 5 heterocycles. The summed E-state index contributed by atoms with van der Waals surface area (Å²) in [7, 11) is 0. The van der Waals surface area contributed by atoms with E-state index in [-0.39, 0.29) is 20.1 Å². The smallest absolute Gasteiger partial charge is 0.335 e. The molecule has 0 saturated heterocycles. The molecule has 14 aromatic rings. The van der Waals surface area contributed by atoms with Gasteiger partial charge in [0.05, 0.1) is 11.0 Å². The first-order chi connectivity index (χ1) is 37.2. The Morgan fingerprint density at radius 2 is 0.816 bits per heavy atom. The molecule has 0 radical (unpaired) electrons. The van der Waals surface area contributed by atoms with Gasteiger partial charge in [0.25, 0.3) is 0 Å². The van der Waals surface area contributed by atoms with Gasteiger partial charge in [-0.25, -0.2) is 4.98 Å². The van der Waals surface area contributed by atoms with Crippen LogP contribution in [0.25, 0.3) is 139 Å². The van der Waals surface area contributed by atoms with Gasteiger partial charge in [-0.3, -0.25) is 0 Å². The zero-order chi connectivity index (χ0) is 49.7. The Bertz CT molecular complexity index is 4300.